The summed E-state index contributed by atoms with van der Waals surface area (Å²) in [5.74, 6) is -2.60. The summed E-state index contributed by atoms with van der Waals surface area (Å²) in [4.78, 5) is 69.7. The summed E-state index contributed by atoms with van der Waals surface area (Å²) < 4.78 is 0. The maximum Gasteiger partial charge on any atom is 0.335 e. The maximum atomic E-state index is 13.9. The van der Waals surface area contributed by atoms with E-state index in [0.29, 0.717) is 47.4 Å². The number of aliphatic carboxylic acids is 1. The molecular formula is C47H55N5O7. The summed E-state index contributed by atoms with van der Waals surface area (Å²) in [6, 6.07) is 29.7. The molecule has 1 heterocycles. The smallest absolute Gasteiger partial charge is 0.335 e. The predicted molar refractivity (Wildman–Crippen MR) is 231 cm³/mol. The summed E-state index contributed by atoms with van der Waals surface area (Å²) in [5, 5.41) is 24.8. The van der Waals surface area contributed by atoms with Crippen LogP contribution in [-0.2, 0) is 29.0 Å². The van der Waals surface area contributed by atoms with Crippen molar-refractivity contribution in [2.24, 2.45) is 0 Å². The molecule has 4 aromatic carbocycles. The van der Waals surface area contributed by atoms with Gasteiger partial charge in [-0.3, -0.25) is 24.1 Å². The van der Waals surface area contributed by atoms with Crippen LogP contribution in [0, 0.1) is 0 Å². The van der Waals surface area contributed by atoms with Gasteiger partial charge in [0.2, 0.25) is 5.91 Å². The number of hydrogen-bond donors (Lipinski definition) is 5. The first-order chi connectivity index (χ1) is 28.4. The number of carboxylic acid groups (broad SMARTS) is 2. The monoisotopic (exact) mass is 801 g/mol. The third-order valence-electron chi connectivity index (χ3n) is 10.6. The van der Waals surface area contributed by atoms with E-state index in [0.717, 1.165) is 61.6 Å². The lowest BCUT2D eigenvalue weighted by molar-refractivity contribution is -0.140. The van der Waals surface area contributed by atoms with Gasteiger partial charge in [-0.15, -0.1) is 0 Å². The highest BCUT2D eigenvalue weighted by Crippen LogP contribution is 2.28. The molecule has 5 rings (SSSR count). The van der Waals surface area contributed by atoms with E-state index in [1.54, 1.807) is 30.1 Å². The van der Waals surface area contributed by atoms with Crippen LogP contribution in [0.2, 0.25) is 0 Å². The number of carbonyl (C=O) groups excluding carboxylic acids is 3. The van der Waals surface area contributed by atoms with Crippen LogP contribution in [0.15, 0.2) is 97.1 Å². The molecule has 0 bridgehead atoms. The number of carboxylic acids is 2. The van der Waals surface area contributed by atoms with Gasteiger partial charge in [0.25, 0.3) is 11.8 Å². The quantitative estimate of drug-likeness (QED) is 0.0463. The average Bonchev–Trinajstić information content (AvgIpc) is 3.60. The summed E-state index contributed by atoms with van der Waals surface area (Å²) in [6.07, 6.45) is 6.23. The summed E-state index contributed by atoms with van der Waals surface area (Å²) in [5.41, 5.74) is 5.45. The molecule has 0 spiro atoms. The van der Waals surface area contributed by atoms with Crippen LogP contribution >= 0.6 is 0 Å². The fraction of sp³-hybridized carbons (Fsp3) is 0.340. The highest BCUT2D eigenvalue weighted by Gasteiger charge is 2.23. The Morgan fingerprint density at radius 3 is 2.00 bits per heavy atom. The van der Waals surface area contributed by atoms with E-state index >= 15 is 0 Å². The topological polar surface area (TPSA) is 172 Å². The molecule has 3 amide bonds. The van der Waals surface area contributed by atoms with Crippen LogP contribution in [0.4, 0.5) is 11.5 Å². The fourth-order valence-corrected chi connectivity index (χ4v) is 7.34. The Morgan fingerprint density at radius 1 is 0.695 bits per heavy atom. The Morgan fingerprint density at radius 2 is 1.36 bits per heavy atom. The largest absolute Gasteiger partial charge is 0.481 e. The zero-order chi connectivity index (χ0) is 42.3. The van der Waals surface area contributed by atoms with E-state index in [-0.39, 0.29) is 48.0 Å². The van der Waals surface area contributed by atoms with Crippen LogP contribution in [0.5, 0.6) is 0 Å². The SMILES string of the molecule is CCCC(CCC)N(CCN(C)C(=O)CCC(=O)O)Cc1cccc(C(=O)Nc2[nH]c3ccccc3c2C(=O)Nc2ccc(CCCc3ccc(C(=O)O)cc3)cc2)c1. The highest BCUT2D eigenvalue weighted by atomic mass is 16.4. The minimum atomic E-state index is -0.997. The van der Waals surface area contributed by atoms with Crippen LogP contribution in [0.3, 0.4) is 0 Å². The van der Waals surface area contributed by atoms with E-state index in [2.05, 4.69) is 34.4 Å². The second-order valence-electron chi connectivity index (χ2n) is 15.0. The number of carbonyl (C=O) groups is 5. The number of aryl methyl sites for hydroxylation is 2. The number of H-pyrrole nitrogens is 1. The van der Waals surface area contributed by atoms with Crippen molar-refractivity contribution in [1.82, 2.24) is 14.8 Å². The molecule has 0 aliphatic carbocycles. The van der Waals surface area contributed by atoms with Crippen molar-refractivity contribution in [2.75, 3.05) is 30.8 Å². The van der Waals surface area contributed by atoms with E-state index in [1.807, 2.05) is 78.9 Å². The molecule has 0 fully saturated rings. The van der Waals surface area contributed by atoms with Gasteiger partial charge in [-0.05, 0) is 91.3 Å². The molecule has 5 aromatic rings. The fourth-order valence-electron chi connectivity index (χ4n) is 7.34. The number of anilines is 2. The molecule has 0 saturated carbocycles. The van der Waals surface area contributed by atoms with E-state index < -0.39 is 11.9 Å². The molecule has 310 valence electrons. The van der Waals surface area contributed by atoms with Gasteiger partial charge in [0, 0.05) is 61.3 Å². The van der Waals surface area contributed by atoms with Crippen molar-refractivity contribution >= 4 is 52.1 Å². The summed E-state index contributed by atoms with van der Waals surface area (Å²) >= 11 is 0. The molecule has 0 atom stereocenters. The summed E-state index contributed by atoms with van der Waals surface area (Å²) in [6.45, 7) is 5.91. The first kappa shape index (κ1) is 43.8. The predicted octanol–water partition coefficient (Wildman–Crippen LogP) is 8.64. The van der Waals surface area contributed by atoms with Gasteiger partial charge in [0.05, 0.1) is 17.5 Å². The number of fused-ring (bicyclic) bond motifs is 1. The second kappa shape index (κ2) is 21.5. The lowest BCUT2D eigenvalue weighted by atomic mass is 10.0. The molecule has 0 aliphatic heterocycles. The van der Waals surface area contributed by atoms with Crippen molar-refractivity contribution in [2.45, 2.75) is 84.2 Å². The number of aromatic amines is 1. The number of aromatic carboxylic acids is 1. The first-order valence-electron chi connectivity index (χ1n) is 20.4. The number of amides is 3. The van der Waals surface area contributed by atoms with Crippen molar-refractivity contribution in [1.29, 1.82) is 0 Å². The molecule has 0 aliphatic rings. The Bertz CT molecular complexity index is 2210. The standard InChI is InChI=1S/C47H55N5O7/c1-4-10-38(11-5-2)52(29-28-51(3)41(53)26-27-42(54)55)31-34-14-9-15-36(30-34)45(56)50-44-43(39-16-6-7-17-40(39)49-44)46(57)48-37-24-20-33(21-25-37)13-8-12-32-18-22-35(23-19-32)47(58)59/h6-7,9,14-25,30,38,49H,4-5,8,10-13,26-29,31H2,1-3H3,(H,48,57)(H,50,56)(H,54,55)(H,58,59). The molecule has 12 nitrogen and oxygen atoms in total. The number of hydrogen-bond acceptors (Lipinski definition) is 6. The zero-order valence-corrected chi connectivity index (χ0v) is 34.1. The van der Waals surface area contributed by atoms with Crippen LogP contribution < -0.4 is 10.6 Å². The van der Waals surface area contributed by atoms with Crippen LogP contribution in [0.1, 0.15) is 107 Å². The normalized spacial score (nSPS) is 11.2. The molecule has 0 saturated heterocycles. The van der Waals surface area contributed by atoms with Gasteiger partial charge in [0.1, 0.15) is 5.82 Å². The van der Waals surface area contributed by atoms with Crippen molar-refractivity contribution in [3.63, 3.8) is 0 Å². The highest BCUT2D eigenvalue weighted by molar-refractivity contribution is 6.19. The van der Waals surface area contributed by atoms with E-state index in [4.69, 9.17) is 10.2 Å². The molecule has 5 N–H and O–H groups in total. The minimum absolute atomic E-state index is 0.0403. The number of aromatic nitrogens is 1. The van der Waals surface area contributed by atoms with Gasteiger partial charge < -0.3 is 30.7 Å². The maximum absolute atomic E-state index is 13.9. The molecule has 0 radical (unpaired) electrons. The summed E-state index contributed by atoms with van der Waals surface area (Å²) in [7, 11) is 1.70. The van der Waals surface area contributed by atoms with Crippen molar-refractivity contribution in [3.05, 3.63) is 130 Å². The number of rotatable bonds is 22. The molecule has 1 aromatic heterocycles. The van der Waals surface area contributed by atoms with Crippen molar-refractivity contribution in [3.8, 4) is 0 Å². The van der Waals surface area contributed by atoms with Crippen LogP contribution in [-0.4, -0.2) is 80.8 Å². The van der Waals surface area contributed by atoms with Crippen LogP contribution in [0.25, 0.3) is 10.9 Å². The average molecular weight is 802 g/mol. The Balaban J connectivity index is 1.26. The zero-order valence-electron chi connectivity index (χ0n) is 34.1. The third kappa shape index (κ3) is 12.6. The molecular weight excluding hydrogens is 747 g/mol. The Hall–Kier alpha value is -6.27. The number of likely N-dealkylation sites (N-methyl/N-ethyl adjacent to an activating group) is 1. The van der Waals surface area contributed by atoms with Gasteiger partial charge in [-0.2, -0.15) is 0 Å². The number of nitrogens with zero attached hydrogens (tertiary/aromatic N) is 2. The Labute approximate surface area is 345 Å². The molecule has 0 unspecified atom stereocenters. The minimum Gasteiger partial charge on any atom is -0.481 e. The lowest BCUT2D eigenvalue weighted by Gasteiger charge is -2.33. The van der Waals surface area contributed by atoms with Gasteiger partial charge in [0.15, 0.2) is 0 Å². The van der Waals surface area contributed by atoms with Gasteiger partial charge in [-0.25, -0.2) is 4.79 Å². The Kier molecular flexibility index (Phi) is 16.0. The van der Waals surface area contributed by atoms with E-state index in [9.17, 15) is 24.0 Å². The second-order valence-corrected chi connectivity index (χ2v) is 15.0. The number of nitrogens with one attached hydrogen (secondary N) is 3. The number of para-hydroxylation sites is 1. The first-order valence-corrected chi connectivity index (χ1v) is 20.4. The van der Waals surface area contributed by atoms with E-state index in [1.165, 1.54) is 0 Å². The lowest BCUT2D eigenvalue weighted by Crippen LogP contribution is -2.41. The molecule has 59 heavy (non-hydrogen) atoms. The van der Waals surface area contributed by atoms with Gasteiger partial charge in [-0.1, -0.05) is 81.3 Å². The van der Waals surface area contributed by atoms with Crippen molar-refractivity contribution < 1.29 is 34.2 Å². The third-order valence-corrected chi connectivity index (χ3v) is 10.6. The van der Waals surface area contributed by atoms with Gasteiger partial charge >= 0.3 is 11.9 Å². The molecule has 12 heteroatoms. The number of benzene rings is 4.